The lowest BCUT2D eigenvalue weighted by atomic mass is 9.88. The molecule has 7 rings (SSSR count). The summed E-state index contributed by atoms with van der Waals surface area (Å²) in [6.45, 7) is 2.06. The number of hydrogen-bond donors (Lipinski definition) is 2. The number of benzene rings is 1. The highest BCUT2D eigenvalue weighted by Crippen LogP contribution is 2.40. The molecule has 7 nitrogen and oxygen atoms in total. The van der Waals surface area contributed by atoms with Gasteiger partial charge in [-0.15, -0.1) is 0 Å². The molecule has 5 aromatic rings. The van der Waals surface area contributed by atoms with Gasteiger partial charge in [-0.05, 0) is 38.7 Å². The minimum Gasteiger partial charge on any atom is -0.311 e. The van der Waals surface area contributed by atoms with Crippen molar-refractivity contribution >= 4 is 16.7 Å². The Morgan fingerprint density at radius 2 is 1.76 bits per heavy atom. The quantitative estimate of drug-likeness (QED) is 0.431. The molecule has 0 spiro atoms. The number of rotatable bonds is 3. The largest absolute Gasteiger partial charge is 0.311 e. The summed E-state index contributed by atoms with van der Waals surface area (Å²) in [4.78, 5) is 9.98. The summed E-state index contributed by atoms with van der Waals surface area (Å²) in [5, 5.41) is 17.3. The second-order valence-corrected chi connectivity index (χ2v) is 9.43. The summed E-state index contributed by atoms with van der Waals surface area (Å²) in [5.41, 5.74) is 8.03. The lowest BCUT2D eigenvalue weighted by molar-refractivity contribution is 0.360. The van der Waals surface area contributed by atoms with Crippen LogP contribution in [0.1, 0.15) is 43.0 Å². The van der Waals surface area contributed by atoms with Crippen molar-refractivity contribution in [3.05, 3.63) is 66.2 Å². The highest BCUT2D eigenvalue weighted by Gasteiger charge is 2.36. The fourth-order valence-electron chi connectivity index (χ4n) is 5.78. The number of aryl methyl sites for hydroxylation is 1. The first-order valence-corrected chi connectivity index (χ1v) is 11.7. The van der Waals surface area contributed by atoms with Gasteiger partial charge in [0.15, 0.2) is 11.3 Å². The molecule has 2 N–H and O–H groups in total. The van der Waals surface area contributed by atoms with E-state index in [-0.39, 0.29) is 0 Å². The van der Waals surface area contributed by atoms with Crippen LogP contribution in [0.5, 0.6) is 0 Å². The zero-order chi connectivity index (χ0) is 21.9. The summed E-state index contributed by atoms with van der Waals surface area (Å²) in [6, 6.07) is 15.6. The van der Waals surface area contributed by atoms with Crippen LogP contribution in [0.2, 0.25) is 0 Å². The molecular weight excluding hydrogens is 410 g/mol. The van der Waals surface area contributed by atoms with Gasteiger partial charge in [0.2, 0.25) is 0 Å². The van der Waals surface area contributed by atoms with Crippen molar-refractivity contribution < 1.29 is 0 Å². The number of hydrogen-bond acceptors (Lipinski definition) is 5. The lowest BCUT2D eigenvalue weighted by Crippen LogP contribution is -2.37. The van der Waals surface area contributed by atoms with E-state index in [0.717, 1.165) is 63.3 Å². The highest BCUT2D eigenvalue weighted by molar-refractivity contribution is 5.87. The molecule has 2 bridgehead atoms. The molecule has 1 aromatic carbocycles. The van der Waals surface area contributed by atoms with Gasteiger partial charge >= 0.3 is 0 Å². The Labute approximate surface area is 191 Å². The van der Waals surface area contributed by atoms with E-state index in [2.05, 4.69) is 51.8 Å². The number of piperidine rings is 1. The van der Waals surface area contributed by atoms with Gasteiger partial charge < -0.3 is 5.32 Å². The summed E-state index contributed by atoms with van der Waals surface area (Å²) in [5.74, 6) is 0.439. The Kier molecular flexibility index (Phi) is 4.14. The first-order chi connectivity index (χ1) is 16.2. The number of H-pyrrole nitrogens is 1. The third-order valence-corrected chi connectivity index (χ3v) is 7.37. The molecule has 2 fully saturated rings. The zero-order valence-electron chi connectivity index (χ0n) is 18.5. The molecule has 4 aromatic heterocycles. The minimum atomic E-state index is 0.439. The maximum atomic E-state index is 5.26. The zero-order valence-corrected chi connectivity index (χ0v) is 18.5. The standard InChI is InChI=1S/C26H25N7/c1-15-23-24(18-11-19-8-9-20(12-18)29-19)30-25-21(14-28-33(25)26(23)32-31-15)17-7-10-22(27-13-17)16-5-3-2-4-6-16/h2-7,10,13-14,18-20,29H,8-9,11-12H2,1H3,(H,31,32)/t18-,19-,20+. The van der Waals surface area contributed by atoms with E-state index in [1.165, 1.54) is 12.8 Å². The van der Waals surface area contributed by atoms with E-state index in [9.17, 15) is 0 Å². The van der Waals surface area contributed by atoms with Crippen LogP contribution in [0, 0.1) is 6.92 Å². The van der Waals surface area contributed by atoms with Crippen LogP contribution in [0.3, 0.4) is 0 Å². The second kappa shape index (κ2) is 7.22. The topological polar surface area (TPSA) is 83.8 Å². The molecule has 164 valence electrons. The summed E-state index contributed by atoms with van der Waals surface area (Å²) in [7, 11) is 0. The van der Waals surface area contributed by atoms with Crippen molar-refractivity contribution in [1.82, 2.24) is 35.1 Å². The second-order valence-electron chi connectivity index (χ2n) is 9.43. The van der Waals surface area contributed by atoms with Gasteiger partial charge in [-0.25, -0.2) is 4.98 Å². The van der Waals surface area contributed by atoms with E-state index < -0.39 is 0 Å². The van der Waals surface area contributed by atoms with Crippen LogP contribution in [-0.4, -0.2) is 41.9 Å². The Morgan fingerprint density at radius 1 is 0.939 bits per heavy atom. The predicted octanol–water partition coefficient (Wildman–Crippen LogP) is 4.64. The maximum absolute atomic E-state index is 5.26. The van der Waals surface area contributed by atoms with Crippen LogP contribution in [0.15, 0.2) is 54.9 Å². The van der Waals surface area contributed by atoms with Crippen molar-refractivity contribution in [2.75, 3.05) is 0 Å². The van der Waals surface area contributed by atoms with E-state index >= 15 is 0 Å². The van der Waals surface area contributed by atoms with Crippen molar-refractivity contribution in [2.24, 2.45) is 0 Å². The van der Waals surface area contributed by atoms with Crippen molar-refractivity contribution in [3.63, 3.8) is 0 Å². The molecular formula is C26H25N7. The monoisotopic (exact) mass is 435 g/mol. The van der Waals surface area contributed by atoms with Crippen LogP contribution >= 0.6 is 0 Å². The molecule has 2 saturated heterocycles. The summed E-state index contributed by atoms with van der Waals surface area (Å²) >= 11 is 0. The normalized spacial score (nSPS) is 22.4. The Balaban J connectivity index is 1.36. The molecule has 0 aliphatic carbocycles. The minimum absolute atomic E-state index is 0.439. The maximum Gasteiger partial charge on any atom is 0.165 e. The highest BCUT2D eigenvalue weighted by atomic mass is 15.3. The SMILES string of the molecule is Cc1n[nH]c2c1c([C@@H]1C[C@H]3CC[C@@H](C1)N3)nc1c(-c3ccc(-c4ccccc4)nc3)cnn12. The van der Waals surface area contributed by atoms with Crippen molar-refractivity contribution in [3.8, 4) is 22.4 Å². The average Bonchev–Trinajstić information content (AvgIpc) is 3.56. The van der Waals surface area contributed by atoms with Crippen LogP contribution in [0.4, 0.5) is 0 Å². The first-order valence-electron chi connectivity index (χ1n) is 11.7. The molecule has 0 amide bonds. The third kappa shape index (κ3) is 2.99. The number of fused-ring (bicyclic) bond motifs is 5. The molecule has 33 heavy (non-hydrogen) atoms. The number of pyridine rings is 1. The Bertz CT molecular complexity index is 1450. The van der Waals surface area contributed by atoms with Crippen molar-refractivity contribution in [1.29, 1.82) is 0 Å². The van der Waals surface area contributed by atoms with E-state index in [1.807, 2.05) is 35.1 Å². The fourth-order valence-corrected chi connectivity index (χ4v) is 5.78. The van der Waals surface area contributed by atoms with Gasteiger partial charge in [0.05, 0.1) is 28.7 Å². The third-order valence-electron chi connectivity index (χ3n) is 7.37. The van der Waals surface area contributed by atoms with E-state index in [1.54, 1.807) is 0 Å². The molecule has 7 heteroatoms. The van der Waals surface area contributed by atoms with Crippen molar-refractivity contribution in [2.45, 2.75) is 50.6 Å². The molecule has 2 aliphatic heterocycles. The van der Waals surface area contributed by atoms with Crippen LogP contribution in [0.25, 0.3) is 39.1 Å². The van der Waals surface area contributed by atoms with Gasteiger partial charge in [0, 0.05) is 40.9 Å². The van der Waals surface area contributed by atoms with E-state index in [0.29, 0.717) is 18.0 Å². The fraction of sp³-hybridized carbons (Fsp3) is 0.308. The Morgan fingerprint density at radius 3 is 2.52 bits per heavy atom. The molecule has 3 atom stereocenters. The molecule has 0 saturated carbocycles. The molecule has 2 aliphatic rings. The molecule has 0 unspecified atom stereocenters. The smallest absolute Gasteiger partial charge is 0.165 e. The average molecular weight is 436 g/mol. The van der Waals surface area contributed by atoms with Crippen LogP contribution < -0.4 is 5.32 Å². The molecule has 6 heterocycles. The van der Waals surface area contributed by atoms with Gasteiger partial charge in [0.25, 0.3) is 0 Å². The van der Waals surface area contributed by atoms with Crippen LogP contribution in [-0.2, 0) is 0 Å². The van der Waals surface area contributed by atoms with Gasteiger partial charge in [-0.3, -0.25) is 10.1 Å². The summed E-state index contributed by atoms with van der Waals surface area (Å²) < 4.78 is 1.90. The van der Waals surface area contributed by atoms with Gasteiger partial charge in [-0.1, -0.05) is 36.4 Å². The van der Waals surface area contributed by atoms with Gasteiger partial charge in [-0.2, -0.15) is 14.7 Å². The number of nitrogens with zero attached hydrogens (tertiary/aromatic N) is 5. The first kappa shape index (κ1) is 18.9. The predicted molar refractivity (Wildman–Crippen MR) is 128 cm³/mol. The molecule has 0 radical (unpaired) electrons. The number of aromatic nitrogens is 6. The van der Waals surface area contributed by atoms with E-state index in [4.69, 9.17) is 9.97 Å². The number of nitrogens with one attached hydrogen (secondary N) is 2. The Hall–Kier alpha value is -3.58. The summed E-state index contributed by atoms with van der Waals surface area (Å²) in [6.07, 6.45) is 8.63. The number of aromatic amines is 1. The van der Waals surface area contributed by atoms with Gasteiger partial charge in [0.1, 0.15) is 0 Å². The lowest BCUT2D eigenvalue weighted by Gasteiger charge is -2.29.